The van der Waals surface area contributed by atoms with E-state index in [9.17, 15) is 19.7 Å². The maximum absolute atomic E-state index is 13.4. The van der Waals surface area contributed by atoms with Gasteiger partial charge in [0.25, 0.3) is 0 Å². The molecule has 0 saturated heterocycles. The van der Waals surface area contributed by atoms with Gasteiger partial charge in [-0.2, -0.15) is 0 Å². The highest BCUT2D eigenvalue weighted by molar-refractivity contribution is 5.39. The van der Waals surface area contributed by atoms with Crippen molar-refractivity contribution in [1.29, 1.82) is 0 Å². The van der Waals surface area contributed by atoms with E-state index in [-0.39, 0.29) is 6.42 Å². The molecule has 0 unspecified atom stereocenters. The second-order valence-electron chi connectivity index (χ2n) is 11.4. The number of halogens is 1. The fourth-order valence-electron chi connectivity index (χ4n) is 6.84. The topological polar surface area (TPSA) is 60.7 Å². The molecule has 3 N–H and O–H groups in total. The largest absolute Gasteiger partial charge is 0.393 e. The first-order valence-electron chi connectivity index (χ1n) is 12.3. The van der Waals surface area contributed by atoms with Gasteiger partial charge in [0.05, 0.1) is 24.1 Å². The van der Waals surface area contributed by atoms with Crippen LogP contribution in [0.25, 0.3) is 0 Å². The summed E-state index contributed by atoms with van der Waals surface area (Å²) in [5.74, 6) is 1.92. The summed E-state index contributed by atoms with van der Waals surface area (Å²) in [5.41, 5.74) is 2.23. The number of allylic oxidation sites excluding steroid dienone is 3. The number of aliphatic hydroxyl groups excluding tert-OH is 2. The maximum Gasteiger partial charge on any atom is 0.0927 e. The van der Waals surface area contributed by atoms with Crippen molar-refractivity contribution >= 4 is 0 Å². The van der Waals surface area contributed by atoms with Gasteiger partial charge in [-0.25, -0.2) is 4.39 Å². The molecule has 3 nitrogen and oxygen atoms in total. The first-order valence-corrected chi connectivity index (χ1v) is 12.3. The average molecular weight is 435 g/mol. The van der Waals surface area contributed by atoms with Crippen LogP contribution in [0.2, 0.25) is 0 Å². The lowest BCUT2D eigenvalue weighted by Gasteiger charge is -2.44. The van der Waals surface area contributed by atoms with Gasteiger partial charge in [0.15, 0.2) is 0 Å². The van der Waals surface area contributed by atoms with Gasteiger partial charge in [0.2, 0.25) is 0 Å². The van der Waals surface area contributed by atoms with Gasteiger partial charge in [-0.3, -0.25) is 0 Å². The first-order chi connectivity index (χ1) is 14.5. The molecule has 0 spiro atoms. The predicted molar refractivity (Wildman–Crippen MR) is 124 cm³/mol. The second kappa shape index (κ2) is 9.89. The van der Waals surface area contributed by atoms with Gasteiger partial charge in [0, 0.05) is 12.0 Å². The Balaban J connectivity index is 1.73. The van der Waals surface area contributed by atoms with Gasteiger partial charge in [-0.1, -0.05) is 44.4 Å². The lowest BCUT2D eigenvalue weighted by molar-refractivity contribution is 0.0596. The molecule has 31 heavy (non-hydrogen) atoms. The van der Waals surface area contributed by atoms with E-state index in [1.54, 1.807) is 0 Å². The quantitative estimate of drug-likeness (QED) is 0.480. The highest BCUT2D eigenvalue weighted by atomic mass is 19.1. The zero-order valence-corrected chi connectivity index (χ0v) is 19.9. The minimum Gasteiger partial charge on any atom is -0.393 e. The molecule has 0 radical (unpaired) electrons. The van der Waals surface area contributed by atoms with E-state index in [4.69, 9.17) is 0 Å². The summed E-state index contributed by atoms with van der Waals surface area (Å²) in [6, 6.07) is 0. The molecule has 0 aromatic rings. The van der Waals surface area contributed by atoms with Crippen molar-refractivity contribution in [2.45, 2.75) is 110 Å². The van der Waals surface area contributed by atoms with Gasteiger partial charge in [-0.05, 0) is 87.5 Å². The van der Waals surface area contributed by atoms with Crippen LogP contribution in [0.1, 0.15) is 91.9 Å². The summed E-state index contributed by atoms with van der Waals surface area (Å²) in [6.45, 7) is 8.66. The molecule has 0 amide bonds. The smallest absolute Gasteiger partial charge is 0.0927 e. The lowest BCUT2D eigenvalue weighted by Crippen LogP contribution is -2.36. The average Bonchev–Trinajstić information content (AvgIpc) is 3.02. The molecular weight excluding hydrogens is 391 g/mol. The fourth-order valence-corrected chi connectivity index (χ4v) is 6.84. The minimum atomic E-state index is -0.921. The third-order valence-corrected chi connectivity index (χ3v) is 8.47. The molecule has 0 aliphatic heterocycles. The van der Waals surface area contributed by atoms with E-state index in [1.165, 1.54) is 37.7 Å². The molecular formula is C27H43FO3. The molecule has 0 aromatic heterocycles. The van der Waals surface area contributed by atoms with E-state index in [1.807, 2.05) is 19.9 Å². The fraction of sp³-hybridized carbons (Fsp3) is 0.778. The van der Waals surface area contributed by atoms with Crippen LogP contribution in [-0.2, 0) is 0 Å². The molecule has 0 heterocycles. The molecule has 176 valence electrons. The number of hydrogen-bond acceptors (Lipinski definition) is 3. The predicted octanol–water partition coefficient (Wildman–Crippen LogP) is 6.00. The van der Waals surface area contributed by atoms with Gasteiger partial charge in [-0.15, -0.1) is 0 Å². The third-order valence-electron chi connectivity index (χ3n) is 8.47. The molecule has 3 aliphatic carbocycles. The summed E-state index contributed by atoms with van der Waals surface area (Å²) in [4.78, 5) is 0. The van der Waals surface area contributed by atoms with Crippen LogP contribution in [0.15, 0.2) is 35.2 Å². The highest BCUT2D eigenvalue weighted by Gasteiger charge is 2.50. The van der Waals surface area contributed by atoms with Crippen LogP contribution in [0, 0.1) is 23.2 Å². The second-order valence-corrected chi connectivity index (χ2v) is 11.4. The summed E-state index contributed by atoms with van der Waals surface area (Å²) >= 11 is 0. The van der Waals surface area contributed by atoms with Crippen LogP contribution >= 0.6 is 0 Å². The molecule has 3 rings (SSSR count). The maximum atomic E-state index is 13.4. The van der Waals surface area contributed by atoms with Gasteiger partial charge >= 0.3 is 0 Å². The summed E-state index contributed by atoms with van der Waals surface area (Å²) in [6.07, 6.45) is 12.8. The highest BCUT2D eigenvalue weighted by Crippen LogP contribution is 2.60. The van der Waals surface area contributed by atoms with Crippen molar-refractivity contribution in [3.63, 3.8) is 0 Å². The molecule has 3 fully saturated rings. The normalized spacial score (nSPS) is 39.3. The van der Waals surface area contributed by atoms with Crippen molar-refractivity contribution < 1.29 is 19.7 Å². The third kappa shape index (κ3) is 5.69. The Bertz CT molecular complexity index is 716. The van der Waals surface area contributed by atoms with Gasteiger partial charge in [0.1, 0.15) is 0 Å². The van der Waals surface area contributed by atoms with E-state index in [2.05, 4.69) is 19.9 Å². The number of hydrogen-bond donors (Lipinski definition) is 3. The van der Waals surface area contributed by atoms with Crippen molar-refractivity contribution in [1.82, 2.24) is 0 Å². The SMILES string of the molecule is C[C@H](CCCC(C)(C)O)[C@H]1CC[C@H]2/C(=C/C=C3\C[C@@H](O)C[C@H](O)\C3=C/F)CCC[C@]12C. The molecule has 3 aliphatic rings. The molecule has 3 saturated carbocycles. The Morgan fingerprint density at radius 2 is 1.97 bits per heavy atom. The van der Waals surface area contributed by atoms with Crippen molar-refractivity contribution in [3.05, 3.63) is 35.2 Å². The Morgan fingerprint density at radius 1 is 1.23 bits per heavy atom. The van der Waals surface area contributed by atoms with Crippen LogP contribution in [0.4, 0.5) is 4.39 Å². The van der Waals surface area contributed by atoms with Gasteiger partial charge < -0.3 is 15.3 Å². The van der Waals surface area contributed by atoms with Crippen molar-refractivity contribution in [2.75, 3.05) is 0 Å². The van der Waals surface area contributed by atoms with Crippen molar-refractivity contribution in [2.24, 2.45) is 23.2 Å². The van der Waals surface area contributed by atoms with Crippen LogP contribution in [0.5, 0.6) is 0 Å². The Kier molecular flexibility index (Phi) is 7.87. The Hall–Kier alpha value is -0.970. The summed E-state index contributed by atoms with van der Waals surface area (Å²) in [7, 11) is 0. The van der Waals surface area contributed by atoms with E-state index in [0.717, 1.165) is 24.8 Å². The number of rotatable bonds is 6. The Morgan fingerprint density at radius 3 is 2.65 bits per heavy atom. The minimum absolute atomic E-state index is 0.206. The zero-order chi connectivity index (χ0) is 22.8. The van der Waals surface area contributed by atoms with Crippen LogP contribution in [0.3, 0.4) is 0 Å². The van der Waals surface area contributed by atoms with E-state index in [0.29, 0.717) is 41.5 Å². The molecule has 0 aromatic carbocycles. The van der Waals surface area contributed by atoms with E-state index < -0.39 is 17.8 Å². The number of aliphatic hydroxyl groups is 3. The van der Waals surface area contributed by atoms with Crippen LogP contribution in [-0.4, -0.2) is 33.1 Å². The standard InChI is InChI=1S/C27H43FO3/c1-18(7-5-13-26(2,3)31)23-11-12-24-19(8-6-14-27(23,24)4)9-10-20-15-21(29)16-25(30)22(20)17-28/h9-10,17-18,21,23-25,29-31H,5-8,11-16H2,1-4H3/b19-9+,20-10+,22-17-/t18-,21-,23-,24+,25+,27-/m1/s1. The Labute approximate surface area is 188 Å². The molecule has 0 bridgehead atoms. The molecule has 4 heteroatoms. The lowest BCUT2D eigenvalue weighted by atomic mass is 9.60. The van der Waals surface area contributed by atoms with Crippen molar-refractivity contribution in [3.8, 4) is 0 Å². The molecule has 6 atom stereocenters. The summed E-state index contributed by atoms with van der Waals surface area (Å²) < 4.78 is 13.4. The first kappa shape index (κ1) is 24.7. The summed E-state index contributed by atoms with van der Waals surface area (Å²) in [5, 5.41) is 30.2. The number of fused-ring (bicyclic) bond motifs is 1. The van der Waals surface area contributed by atoms with E-state index >= 15 is 0 Å². The monoisotopic (exact) mass is 434 g/mol. The zero-order valence-electron chi connectivity index (χ0n) is 19.9. The van der Waals surface area contributed by atoms with Crippen LogP contribution < -0.4 is 0 Å².